The zero-order valence-corrected chi connectivity index (χ0v) is 20.8. The Balaban J connectivity index is 1.36. The Bertz CT molecular complexity index is 1750. The van der Waals surface area contributed by atoms with Gasteiger partial charge in [-0.15, -0.1) is 0 Å². The van der Waals surface area contributed by atoms with Crippen molar-refractivity contribution in [3.63, 3.8) is 0 Å². The highest BCUT2D eigenvalue weighted by atomic mass is 19.4. The summed E-state index contributed by atoms with van der Waals surface area (Å²) in [6.07, 6.45) is -1.48. The third-order valence-electron chi connectivity index (χ3n) is 6.94. The van der Waals surface area contributed by atoms with Crippen LogP contribution >= 0.6 is 0 Å². The lowest BCUT2D eigenvalue weighted by Gasteiger charge is -2.33. The molecule has 0 radical (unpaired) electrons. The van der Waals surface area contributed by atoms with Gasteiger partial charge < -0.3 is 9.64 Å². The van der Waals surface area contributed by atoms with Crippen molar-refractivity contribution < 1.29 is 22.7 Å². The number of hydrogen-bond acceptors (Lipinski definition) is 5. The highest BCUT2D eigenvalue weighted by Crippen LogP contribution is 2.27. The van der Waals surface area contributed by atoms with Crippen molar-refractivity contribution in [3.8, 4) is 16.9 Å². The summed E-state index contributed by atoms with van der Waals surface area (Å²) in [6.45, 7) is 0.637. The van der Waals surface area contributed by atoms with Gasteiger partial charge in [0.05, 0.1) is 53.5 Å². The molecule has 12 heteroatoms. The summed E-state index contributed by atoms with van der Waals surface area (Å²) in [5, 5.41) is 4.34. The summed E-state index contributed by atoms with van der Waals surface area (Å²) in [6, 6.07) is 14.6. The highest BCUT2D eigenvalue weighted by Gasteiger charge is 2.44. The molecular formula is C27H23F3N6O3. The van der Waals surface area contributed by atoms with Gasteiger partial charge in [-0.3, -0.25) is 18.9 Å². The number of para-hydroxylation sites is 1. The maximum Gasteiger partial charge on any atom is 0.416 e. The quantitative estimate of drug-likeness (QED) is 0.351. The van der Waals surface area contributed by atoms with Gasteiger partial charge in [-0.2, -0.15) is 18.3 Å². The van der Waals surface area contributed by atoms with Crippen molar-refractivity contribution in [1.29, 1.82) is 0 Å². The molecule has 1 aliphatic heterocycles. The summed E-state index contributed by atoms with van der Waals surface area (Å²) in [5.74, 6) is -0.586. The Morgan fingerprint density at radius 3 is 2.67 bits per heavy atom. The third kappa shape index (κ3) is 4.36. The van der Waals surface area contributed by atoms with Crippen molar-refractivity contribution in [2.45, 2.75) is 25.7 Å². The highest BCUT2D eigenvalue weighted by molar-refractivity contribution is 5.84. The van der Waals surface area contributed by atoms with Gasteiger partial charge in [-0.25, -0.2) is 9.31 Å². The van der Waals surface area contributed by atoms with Crippen LogP contribution in [-0.4, -0.2) is 66.5 Å². The van der Waals surface area contributed by atoms with E-state index in [9.17, 15) is 22.8 Å². The lowest BCUT2D eigenvalue weighted by Crippen LogP contribution is -2.52. The molecule has 1 aliphatic rings. The molecule has 0 N–H and O–H groups in total. The number of morpholine rings is 1. The van der Waals surface area contributed by atoms with E-state index in [1.54, 1.807) is 41.2 Å². The number of halogens is 3. The molecule has 1 aromatic carbocycles. The van der Waals surface area contributed by atoms with Crippen LogP contribution in [0.2, 0.25) is 0 Å². The van der Waals surface area contributed by atoms with Gasteiger partial charge in [0, 0.05) is 18.3 Å². The number of imidazole rings is 1. The van der Waals surface area contributed by atoms with Crippen LogP contribution in [-0.2, 0) is 16.1 Å². The zero-order valence-electron chi connectivity index (χ0n) is 20.8. The van der Waals surface area contributed by atoms with E-state index in [2.05, 4.69) is 10.1 Å². The molecule has 1 fully saturated rings. The Kier molecular flexibility index (Phi) is 5.98. The number of aryl methyl sites for hydroxylation is 1. The molecule has 5 aromatic rings. The first kappa shape index (κ1) is 24.9. The molecule has 6 rings (SSSR count). The van der Waals surface area contributed by atoms with Crippen LogP contribution in [0, 0.1) is 6.92 Å². The van der Waals surface area contributed by atoms with Gasteiger partial charge in [0.25, 0.3) is 0 Å². The topological polar surface area (TPSA) is 86.7 Å². The van der Waals surface area contributed by atoms with Crippen molar-refractivity contribution in [1.82, 2.24) is 28.6 Å². The van der Waals surface area contributed by atoms with E-state index in [1.807, 2.05) is 37.4 Å². The van der Waals surface area contributed by atoms with E-state index in [-0.39, 0.29) is 13.2 Å². The number of rotatable bonds is 4. The van der Waals surface area contributed by atoms with Gasteiger partial charge in [-0.05, 0) is 42.8 Å². The summed E-state index contributed by atoms with van der Waals surface area (Å²) < 4.78 is 48.8. The van der Waals surface area contributed by atoms with Crippen LogP contribution in [0.25, 0.3) is 33.5 Å². The molecule has 0 bridgehead atoms. The first-order chi connectivity index (χ1) is 18.7. The van der Waals surface area contributed by atoms with E-state index in [4.69, 9.17) is 4.74 Å². The van der Waals surface area contributed by atoms with Crippen LogP contribution in [0.15, 0.2) is 71.9 Å². The van der Waals surface area contributed by atoms with E-state index >= 15 is 0 Å². The molecule has 4 aromatic heterocycles. The molecule has 1 amide bonds. The Hall–Kier alpha value is -4.45. The molecule has 39 heavy (non-hydrogen) atoms. The number of ether oxygens (including phenoxy) is 1. The van der Waals surface area contributed by atoms with Crippen LogP contribution in [0.4, 0.5) is 13.2 Å². The van der Waals surface area contributed by atoms with Gasteiger partial charge in [-0.1, -0.05) is 18.2 Å². The second kappa shape index (κ2) is 9.38. The number of carbonyl (C=O) groups is 1. The smallest absolute Gasteiger partial charge is 0.365 e. The fourth-order valence-electron chi connectivity index (χ4n) is 4.98. The Morgan fingerprint density at radius 1 is 1.08 bits per heavy atom. The Morgan fingerprint density at radius 2 is 1.90 bits per heavy atom. The minimum atomic E-state index is -4.58. The second-order valence-electron chi connectivity index (χ2n) is 9.38. The minimum Gasteiger partial charge on any atom is -0.365 e. The molecule has 0 aliphatic carbocycles. The second-order valence-corrected chi connectivity index (χ2v) is 9.38. The summed E-state index contributed by atoms with van der Waals surface area (Å²) >= 11 is 0. The number of aromatic nitrogens is 5. The van der Waals surface area contributed by atoms with Gasteiger partial charge in [0.2, 0.25) is 5.91 Å². The molecule has 0 saturated carbocycles. The number of alkyl halides is 3. The van der Waals surface area contributed by atoms with Crippen molar-refractivity contribution in [3.05, 3.63) is 83.2 Å². The summed E-state index contributed by atoms with van der Waals surface area (Å²) in [4.78, 5) is 32.4. The molecule has 5 heterocycles. The number of amides is 1. The third-order valence-corrected chi connectivity index (χ3v) is 6.94. The van der Waals surface area contributed by atoms with Crippen molar-refractivity contribution in [2.75, 3.05) is 19.7 Å². The number of benzene rings is 1. The largest absolute Gasteiger partial charge is 0.416 e. The first-order valence-corrected chi connectivity index (χ1v) is 12.3. The lowest BCUT2D eigenvalue weighted by molar-refractivity contribution is -0.236. The Labute approximate surface area is 219 Å². The average Bonchev–Trinajstić information content (AvgIpc) is 3.48. The van der Waals surface area contributed by atoms with Crippen LogP contribution < -0.4 is 5.69 Å². The number of pyridine rings is 2. The average molecular weight is 537 g/mol. The predicted molar refractivity (Wildman–Crippen MR) is 137 cm³/mol. The lowest BCUT2D eigenvalue weighted by atomic mass is 10.1. The van der Waals surface area contributed by atoms with Crippen molar-refractivity contribution in [2.24, 2.45) is 0 Å². The van der Waals surface area contributed by atoms with Crippen LogP contribution in [0.5, 0.6) is 0 Å². The number of nitrogens with zero attached hydrogens (tertiary/aromatic N) is 6. The number of carbonyl (C=O) groups excluding carboxylic acids is 1. The number of fused-ring (bicyclic) bond motifs is 2. The summed E-state index contributed by atoms with van der Waals surface area (Å²) in [5.41, 5.74) is 4.30. The normalized spacial score (nSPS) is 16.3. The summed E-state index contributed by atoms with van der Waals surface area (Å²) in [7, 11) is 0. The van der Waals surface area contributed by atoms with E-state index in [0.717, 1.165) is 21.5 Å². The predicted octanol–water partition coefficient (Wildman–Crippen LogP) is 3.60. The van der Waals surface area contributed by atoms with Gasteiger partial charge >= 0.3 is 11.9 Å². The maximum atomic E-state index is 13.7. The monoisotopic (exact) mass is 536 g/mol. The minimum absolute atomic E-state index is 0.0206. The van der Waals surface area contributed by atoms with E-state index in [0.29, 0.717) is 22.4 Å². The van der Waals surface area contributed by atoms with Crippen LogP contribution in [0.3, 0.4) is 0 Å². The van der Waals surface area contributed by atoms with Crippen molar-refractivity contribution >= 4 is 22.5 Å². The number of hydrogen-bond donors (Lipinski definition) is 0. The fourth-order valence-corrected chi connectivity index (χ4v) is 4.98. The van der Waals surface area contributed by atoms with Gasteiger partial charge in [0.1, 0.15) is 6.54 Å². The van der Waals surface area contributed by atoms with E-state index in [1.165, 1.54) is 9.13 Å². The maximum absolute atomic E-state index is 13.7. The zero-order chi connectivity index (χ0) is 27.3. The molecule has 9 nitrogen and oxygen atoms in total. The SMILES string of the molecule is Cc1cccc2c1n(-c1ccc(-c3cnn4ccccc34)nc1)c(=O)n2CC(=O)N1CCO[C@H](C(F)(F)F)C1. The molecule has 0 spiro atoms. The molecule has 0 unspecified atom stereocenters. The van der Waals surface area contributed by atoms with Crippen LogP contribution in [0.1, 0.15) is 5.56 Å². The fraction of sp³-hybridized carbons (Fsp3) is 0.259. The standard InChI is InChI=1S/C27H23F3N6O3/c1-17-5-4-7-22-25(17)36(18-8-9-20(31-13-18)19-14-32-35-10-3-2-6-21(19)35)26(38)34(22)16-24(37)33-11-12-39-23(15-33)27(28,29)30/h2-10,13-14,23H,11-12,15-16H2,1H3/t23-/m0/s1. The van der Waals surface area contributed by atoms with E-state index < -0.39 is 37.0 Å². The van der Waals surface area contributed by atoms with Gasteiger partial charge in [0.15, 0.2) is 6.10 Å². The first-order valence-electron chi connectivity index (χ1n) is 12.3. The molecule has 1 saturated heterocycles. The molecule has 1 atom stereocenters. The molecular weight excluding hydrogens is 513 g/mol. The molecule has 200 valence electrons.